The molecular weight excluding hydrogens is 198 g/mol. The standard InChI is InChI=1S/C14H23NO/c1-5-6-16-10-14(15-4)13-8-11(2)7-12(3)9-13/h7-9,14-15H,5-6,10H2,1-4H3. The van der Waals surface area contributed by atoms with Gasteiger partial charge in [-0.15, -0.1) is 0 Å². The van der Waals surface area contributed by atoms with Crippen molar-refractivity contribution in [2.24, 2.45) is 0 Å². The molecule has 0 amide bonds. The first-order valence-electron chi connectivity index (χ1n) is 6.00. The predicted octanol–water partition coefficient (Wildman–Crippen LogP) is 2.99. The summed E-state index contributed by atoms with van der Waals surface area (Å²) in [4.78, 5) is 0. The van der Waals surface area contributed by atoms with Crippen LogP contribution in [0.15, 0.2) is 18.2 Å². The molecule has 1 unspecified atom stereocenters. The number of hydrogen-bond acceptors (Lipinski definition) is 2. The van der Waals surface area contributed by atoms with Gasteiger partial charge >= 0.3 is 0 Å². The molecule has 90 valence electrons. The second-order valence-electron chi connectivity index (χ2n) is 4.34. The largest absolute Gasteiger partial charge is 0.379 e. The summed E-state index contributed by atoms with van der Waals surface area (Å²) in [5.41, 5.74) is 3.94. The van der Waals surface area contributed by atoms with Crippen LogP contribution in [0.4, 0.5) is 0 Å². The summed E-state index contributed by atoms with van der Waals surface area (Å²) in [5.74, 6) is 0. The lowest BCUT2D eigenvalue weighted by molar-refractivity contribution is 0.114. The maximum atomic E-state index is 5.61. The number of likely N-dealkylation sites (N-methyl/N-ethyl adjacent to an activating group) is 1. The molecular formula is C14H23NO. The van der Waals surface area contributed by atoms with E-state index in [0.717, 1.165) is 19.6 Å². The quantitative estimate of drug-likeness (QED) is 0.746. The molecule has 0 bridgehead atoms. The molecule has 0 heterocycles. The molecule has 1 rings (SSSR count). The molecule has 0 radical (unpaired) electrons. The molecule has 1 atom stereocenters. The van der Waals surface area contributed by atoms with Crippen molar-refractivity contribution in [2.75, 3.05) is 20.3 Å². The summed E-state index contributed by atoms with van der Waals surface area (Å²) in [5, 5.41) is 3.31. The average molecular weight is 221 g/mol. The summed E-state index contributed by atoms with van der Waals surface area (Å²) in [7, 11) is 1.98. The van der Waals surface area contributed by atoms with E-state index in [1.807, 2.05) is 7.05 Å². The van der Waals surface area contributed by atoms with Crippen molar-refractivity contribution in [1.29, 1.82) is 0 Å². The second-order valence-corrected chi connectivity index (χ2v) is 4.34. The molecule has 1 aromatic rings. The number of rotatable bonds is 6. The molecule has 0 saturated heterocycles. The van der Waals surface area contributed by atoms with Crippen LogP contribution in [0.5, 0.6) is 0 Å². The van der Waals surface area contributed by atoms with Gasteiger partial charge in [-0.2, -0.15) is 0 Å². The summed E-state index contributed by atoms with van der Waals surface area (Å²) >= 11 is 0. The molecule has 2 nitrogen and oxygen atoms in total. The highest BCUT2D eigenvalue weighted by molar-refractivity contribution is 5.30. The van der Waals surface area contributed by atoms with Crippen LogP contribution in [-0.2, 0) is 4.74 Å². The van der Waals surface area contributed by atoms with Crippen molar-refractivity contribution in [3.8, 4) is 0 Å². The summed E-state index contributed by atoms with van der Waals surface area (Å²) in [6, 6.07) is 6.95. The van der Waals surface area contributed by atoms with E-state index in [1.165, 1.54) is 16.7 Å². The minimum Gasteiger partial charge on any atom is -0.379 e. The van der Waals surface area contributed by atoms with Crippen LogP contribution >= 0.6 is 0 Å². The van der Waals surface area contributed by atoms with Gasteiger partial charge in [-0.3, -0.25) is 0 Å². The zero-order valence-corrected chi connectivity index (χ0v) is 10.8. The van der Waals surface area contributed by atoms with Gasteiger partial charge in [0.25, 0.3) is 0 Å². The van der Waals surface area contributed by atoms with Gasteiger partial charge in [0.2, 0.25) is 0 Å². The summed E-state index contributed by atoms with van der Waals surface area (Å²) < 4.78 is 5.61. The van der Waals surface area contributed by atoms with Crippen LogP contribution in [0.1, 0.15) is 36.1 Å². The Bertz CT molecular complexity index is 302. The normalized spacial score (nSPS) is 12.8. The van der Waals surface area contributed by atoms with Gasteiger partial charge in [0.05, 0.1) is 12.6 Å². The zero-order valence-electron chi connectivity index (χ0n) is 10.8. The molecule has 0 fully saturated rings. The third-order valence-corrected chi connectivity index (χ3v) is 2.63. The third kappa shape index (κ3) is 3.95. The number of ether oxygens (including phenoxy) is 1. The molecule has 0 aliphatic rings. The Labute approximate surface area is 99.0 Å². The summed E-state index contributed by atoms with van der Waals surface area (Å²) in [6.07, 6.45) is 1.07. The van der Waals surface area contributed by atoms with Gasteiger partial charge in [0.15, 0.2) is 0 Å². The Morgan fingerprint density at radius 3 is 2.31 bits per heavy atom. The van der Waals surface area contributed by atoms with E-state index in [4.69, 9.17) is 4.74 Å². The van der Waals surface area contributed by atoms with Crippen molar-refractivity contribution in [1.82, 2.24) is 5.32 Å². The molecule has 0 aromatic heterocycles. The second kappa shape index (κ2) is 6.66. The van der Waals surface area contributed by atoms with Crippen molar-refractivity contribution < 1.29 is 4.74 Å². The van der Waals surface area contributed by atoms with E-state index in [1.54, 1.807) is 0 Å². The zero-order chi connectivity index (χ0) is 12.0. The highest BCUT2D eigenvalue weighted by Gasteiger charge is 2.09. The first-order chi connectivity index (χ1) is 7.67. The Kier molecular flexibility index (Phi) is 5.50. The number of hydrogen-bond donors (Lipinski definition) is 1. The SMILES string of the molecule is CCCOCC(NC)c1cc(C)cc(C)c1. The Morgan fingerprint density at radius 1 is 1.19 bits per heavy atom. The maximum absolute atomic E-state index is 5.61. The third-order valence-electron chi connectivity index (χ3n) is 2.63. The topological polar surface area (TPSA) is 21.3 Å². The Balaban J connectivity index is 2.70. The molecule has 1 N–H and O–H groups in total. The smallest absolute Gasteiger partial charge is 0.0661 e. The van der Waals surface area contributed by atoms with Crippen LogP contribution in [0.3, 0.4) is 0 Å². The van der Waals surface area contributed by atoms with Crippen molar-refractivity contribution in [2.45, 2.75) is 33.2 Å². The van der Waals surface area contributed by atoms with Crippen molar-refractivity contribution in [3.63, 3.8) is 0 Å². The lowest BCUT2D eigenvalue weighted by Crippen LogP contribution is -2.22. The van der Waals surface area contributed by atoms with Crippen LogP contribution < -0.4 is 5.32 Å². The van der Waals surface area contributed by atoms with Gasteiger partial charge in [-0.05, 0) is 32.9 Å². The number of benzene rings is 1. The van der Waals surface area contributed by atoms with E-state index >= 15 is 0 Å². The van der Waals surface area contributed by atoms with Crippen LogP contribution in [0, 0.1) is 13.8 Å². The fourth-order valence-corrected chi connectivity index (χ4v) is 1.90. The van der Waals surface area contributed by atoms with Crippen LogP contribution in [0.25, 0.3) is 0 Å². The van der Waals surface area contributed by atoms with Gasteiger partial charge < -0.3 is 10.1 Å². The summed E-state index contributed by atoms with van der Waals surface area (Å²) in [6.45, 7) is 7.98. The van der Waals surface area contributed by atoms with Gasteiger partial charge in [0.1, 0.15) is 0 Å². The monoisotopic (exact) mass is 221 g/mol. The van der Waals surface area contributed by atoms with Gasteiger partial charge in [0, 0.05) is 6.61 Å². The van der Waals surface area contributed by atoms with Crippen molar-refractivity contribution in [3.05, 3.63) is 34.9 Å². The van der Waals surface area contributed by atoms with Gasteiger partial charge in [-0.25, -0.2) is 0 Å². The van der Waals surface area contributed by atoms with E-state index in [2.05, 4.69) is 44.3 Å². The lowest BCUT2D eigenvalue weighted by Gasteiger charge is -2.18. The van der Waals surface area contributed by atoms with Gasteiger partial charge in [-0.1, -0.05) is 36.2 Å². The maximum Gasteiger partial charge on any atom is 0.0661 e. The minimum absolute atomic E-state index is 0.296. The van der Waals surface area contributed by atoms with E-state index in [-0.39, 0.29) is 0 Å². The lowest BCUT2D eigenvalue weighted by atomic mass is 10.0. The fraction of sp³-hybridized carbons (Fsp3) is 0.571. The number of nitrogens with one attached hydrogen (secondary N) is 1. The van der Waals surface area contributed by atoms with E-state index in [9.17, 15) is 0 Å². The van der Waals surface area contributed by atoms with E-state index in [0.29, 0.717) is 6.04 Å². The molecule has 1 aromatic carbocycles. The first kappa shape index (κ1) is 13.2. The molecule has 0 saturated carbocycles. The predicted molar refractivity (Wildman–Crippen MR) is 68.8 cm³/mol. The van der Waals surface area contributed by atoms with Crippen LogP contribution in [-0.4, -0.2) is 20.3 Å². The van der Waals surface area contributed by atoms with E-state index < -0.39 is 0 Å². The molecule has 0 aliphatic carbocycles. The molecule has 0 spiro atoms. The Morgan fingerprint density at radius 2 is 1.81 bits per heavy atom. The average Bonchev–Trinajstić information content (AvgIpc) is 2.23. The highest BCUT2D eigenvalue weighted by atomic mass is 16.5. The molecule has 16 heavy (non-hydrogen) atoms. The highest BCUT2D eigenvalue weighted by Crippen LogP contribution is 2.17. The molecule has 0 aliphatic heterocycles. The first-order valence-corrected chi connectivity index (χ1v) is 6.00. The molecule has 2 heteroatoms. The Hall–Kier alpha value is -0.860. The minimum atomic E-state index is 0.296. The van der Waals surface area contributed by atoms with Crippen LogP contribution in [0.2, 0.25) is 0 Å². The fourth-order valence-electron chi connectivity index (χ4n) is 1.90. The number of aryl methyl sites for hydroxylation is 2. The van der Waals surface area contributed by atoms with Crippen molar-refractivity contribution >= 4 is 0 Å².